The summed E-state index contributed by atoms with van der Waals surface area (Å²) in [5, 5.41) is 11.8. The molecule has 0 radical (unpaired) electrons. The van der Waals surface area contributed by atoms with E-state index in [1.807, 2.05) is 0 Å². The summed E-state index contributed by atoms with van der Waals surface area (Å²) in [4.78, 5) is 24.5. The normalized spacial score (nSPS) is 13.0. The lowest BCUT2D eigenvalue weighted by Gasteiger charge is -2.32. The quantitative estimate of drug-likeness (QED) is 0.393. The van der Waals surface area contributed by atoms with Gasteiger partial charge in [-0.1, -0.05) is 50.2 Å². The first kappa shape index (κ1) is 26.3. The molecule has 0 aliphatic heterocycles. The van der Waals surface area contributed by atoms with Gasteiger partial charge in [-0.3, -0.25) is 15.3 Å². The lowest BCUT2D eigenvalue weighted by atomic mass is 10.0. The number of carbonyl (C=O) groups excluding carboxylic acids is 2. The Morgan fingerprint density at radius 3 is 2.24 bits per heavy atom. The van der Waals surface area contributed by atoms with Crippen molar-refractivity contribution >= 4 is 27.7 Å². The number of sulfonamides is 1. The topological polar surface area (TPSA) is 125 Å². The lowest BCUT2D eigenvalue weighted by molar-refractivity contribution is -0.134. The molecule has 0 aromatic heterocycles. The summed E-state index contributed by atoms with van der Waals surface area (Å²) in [6.07, 6.45) is -0.724. The van der Waals surface area contributed by atoms with Gasteiger partial charge in [0.1, 0.15) is 11.6 Å². The molecule has 3 N–H and O–H groups in total. The van der Waals surface area contributed by atoms with Gasteiger partial charge >= 0.3 is 6.09 Å². The number of ether oxygens (including phenoxy) is 1. The van der Waals surface area contributed by atoms with Gasteiger partial charge in [0.05, 0.1) is 4.90 Å². The Hall–Kier alpha value is -2.95. The van der Waals surface area contributed by atoms with Crippen molar-refractivity contribution in [2.24, 2.45) is 5.92 Å². The van der Waals surface area contributed by atoms with E-state index in [2.05, 4.69) is 5.32 Å². The molecule has 2 aromatic rings. The van der Waals surface area contributed by atoms with Gasteiger partial charge in [-0.25, -0.2) is 18.7 Å². The third-order valence-corrected chi connectivity index (χ3v) is 6.41. The highest BCUT2D eigenvalue weighted by Crippen LogP contribution is 2.27. The summed E-state index contributed by atoms with van der Waals surface area (Å²) in [6, 6.07) is 13.3. The second-order valence-electron chi connectivity index (χ2n) is 8.86. The first-order valence-corrected chi connectivity index (χ1v) is 11.9. The first-order chi connectivity index (χ1) is 15.3. The van der Waals surface area contributed by atoms with Crippen molar-refractivity contribution in [3.8, 4) is 0 Å². The van der Waals surface area contributed by atoms with Crippen LogP contribution in [0.3, 0.4) is 0 Å². The molecule has 0 heterocycles. The van der Waals surface area contributed by atoms with Crippen molar-refractivity contribution in [2.45, 2.75) is 57.7 Å². The number of amides is 2. The Kier molecular flexibility index (Phi) is 8.59. The van der Waals surface area contributed by atoms with Crippen LogP contribution in [-0.4, -0.2) is 41.6 Å². The summed E-state index contributed by atoms with van der Waals surface area (Å²) >= 11 is 0. The van der Waals surface area contributed by atoms with E-state index in [0.717, 1.165) is 4.31 Å². The molecule has 180 valence electrons. The number of hydroxylamine groups is 1. The fourth-order valence-electron chi connectivity index (χ4n) is 3.22. The standard InChI is InChI=1S/C23H31N3O6S/c1-16(2)20(21(27)25-29)26(15-17-10-7-6-8-11-17)33(30,31)19-13-9-12-18(14-19)24-22(28)32-23(3,4)5/h6-14,16,20,29H,15H2,1-5H3,(H,24,28)(H,25,27)/t20-/m0/s1. The number of carbonyl (C=O) groups is 2. The smallest absolute Gasteiger partial charge is 0.412 e. The highest BCUT2D eigenvalue weighted by atomic mass is 32.2. The van der Waals surface area contributed by atoms with E-state index in [9.17, 15) is 23.2 Å². The monoisotopic (exact) mass is 477 g/mol. The van der Waals surface area contributed by atoms with E-state index < -0.39 is 39.6 Å². The molecular weight excluding hydrogens is 446 g/mol. The van der Waals surface area contributed by atoms with Crippen LogP contribution in [0.2, 0.25) is 0 Å². The zero-order valence-corrected chi connectivity index (χ0v) is 20.2. The second kappa shape index (κ2) is 10.8. The molecule has 10 heteroatoms. The van der Waals surface area contributed by atoms with Crippen molar-refractivity contribution in [1.82, 2.24) is 9.79 Å². The molecule has 2 aromatic carbocycles. The number of nitrogens with one attached hydrogen (secondary N) is 2. The molecule has 0 aliphatic carbocycles. The molecule has 9 nitrogen and oxygen atoms in total. The Labute approximate surface area is 194 Å². The fraction of sp³-hybridized carbons (Fsp3) is 0.391. The molecule has 33 heavy (non-hydrogen) atoms. The van der Waals surface area contributed by atoms with Crippen molar-refractivity contribution in [2.75, 3.05) is 5.32 Å². The SMILES string of the molecule is CC(C)[C@@H](C(=O)NO)N(Cc1ccccc1)S(=O)(=O)c1cccc(NC(=O)OC(C)(C)C)c1. The molecule has 2 rings (SSSR count). The van der Waals surface area contributed by atoms with Crippen LogP contribution in [0, 0.1) is 5.92 Å². The van der Waals surface area contributed by atoms with Crippen molar-refractivity contribution in [1.29, 1.82) is 0 Å². The molecule has 0 aliphatic rings. The number of rotatable bonds is 8. The van der Waals surface area contributed by atoms with E-state index in [4.69, 9.17) is 4.74 Å². The zero-order chi connectivity index (χ0) is 24.8. The largest absolute Gasteiger partial charge is 0.444 e. The number of anilines is 1. The minimum absolute atomic E-state index is 0.0941. The maximum atomic E-state index is 13.7. The molecule has 1 atom stereocenters. The van der Waals surface area contributed by atoms with Gasteiger partial charge in [0.15, 0.2) is 0 Å². The van der Waals surface area contributed by atoms with Crippen LogP contribution in [0.25, 0.3) is 0 Å². The van der Waals surface area contributed by atoms with E-state index in [0.29, 0.717) is 5.56 Å². The summed E-state index contributed by atoms with van der Waals surface area (Å²) in [7, 11) is -4.22. The maximum absolute atomic E-state index is 13.7. The number of hydrogen-bond donors (Lipinski definition) is 3. The van der Waals surface area contributed by atoms with Gasteiger partial charge in [-0.05, 0) is 50.5 Å². The van der Waals surface area contributed by atoms with E-state index in [1.54, 1.807) is 70.4 Å². The van der Waals surface area contributed by atoms with Crippen LogP contribution in [0.4, 0.5) is 10.5 Å². The van der Waals surface area contributed by atoms with Gasteiger partial charge in [0, 0.05) is 12.2 Å². The second-order valence-corrected chi connectivity index (χ2v) is 10.7. The maximum Gasteiger partial charge on any atom is 0.412 e. The summed E-state index contributed by atoms with van der Waals surface area (Å²) in [5.41, 5.74) is 1.74. The molecule has 0 spiro atoms. The third-order valence-electron chi connectivity index (χ3n) is 4.59. The minimum Gasteiger partial charge on any atom is -0.444 e. The van der Waals surface area contributed by atoms with Gasteiger partial charge in [0.2, 0.25) is 10.0 Å². The van der Waals surface area contributed by atoms with Gasteiger partial charge in [-0.2, -0.15) is 4.31 Å². The van der Waals surface area contributed by atoms with Crippen molar-refractivity contribution < 1.29 is 28.0 Å². The molecule has 0 unspecified atom stereocenters. The van der Waals surface area contributed by atoms with Gasteiger partial charge < -0.3 is 4.74 Å². The van der Waals surface area contributed by atoms with Gasteiger partial charge in [0.25, 0.3) is 5.91 Å². The van der Waals surface area contributed by atoms with Crippen LogP contribution >= 0.6 is 0 Å². The fourth-order valence-corrected chi connectivity index (χ4v) is 4.97. The third kappa shape index (κ3) is 7.28. The van der Waals surface area contributed by atoms with Crippen LogP contribution in [0.15, 0.2) is 59.5 Å². The number of nitrogens with zero attached hydrogens (tertiary/aromatic N) is 1. The summed E-state index contributed by atoms with van der Waals surface area (Å²) in [5.74, 6) is -1.29. The predicted octanol–water partition coefficient (Wildman–Crippen LogP) is 3.75. The van der Waals surface area contributed by atoms with Crippen molar-refractivity contribution in [3.05, 3.63) is 60.2 Å². The van der Waals surface area contributed by atoms with E-state index >= 15 is 0 Å². The average molecular weight is 478 g/mol. The first-order valence-electron chi connectivity index (χ1n) is 10.4. The van der Waals surface area contributed by atoms with Crippen molar-refractivity contribution in [3.63, 3.8) is 0 Å². The van der Waals surface area contributed by atoms with Crippen LogP contribution < -0.4 is 10.8 Å². The minimum atomic E-state index is -4.22. The molecule has 0 saturated heterocycles. The number of hydrogen-bond acceptors (Lipinski definition) is 6. The van der Waals surface area contributed by atoms with E-state index in [1.165, 1.54) is 24.3 Å². The number of benzene rings is 2. The zero-order valence-electron chi connectivity index (χ0n) is 19.4. The highest BCUT2D eigenvalue weighted by Gasteiger charge is 2.38. The van der Waals surface area contributed by atoms with Crippen LogP contribution in [0.1, 0.15) is 40.2 Å². The Balaban J connectivity index is 2.47. The molecular formula is C23H31N3O6S. The van der Waals surface area contributed by atoms with Crippen LogP contribution in [0.5, 0.6) is 0 Å². The van der Waals surface area contributed by atoms with Crippen LogP contribution in [-0.2, 0) is 26.1 Å². The Morgan fingerprint density at radius 1 is 1.06 bits per heavy atom. The summed E-state index contributed by atoms with van der Waals surface area (Å²) in [6.45, 7) is 8.43. The lowest BCUT2D eigenvalue weighted by Crippen LogP contribution is -2.51. The molecule has 0 saturated carbocycles. The van der Waals surface area contributed by atoms with E-state index in [-0.39, 0.29) is 17.1 Å². The molecule has 0 fully saturated rings. The molecule has 2 amide bonds. The van der Waals surface area contributed by atoms with Gasteiger partial charge in [-0.15, -0.1) is 0 Å². The highest BCUT2D eigenvalue weighted by molar-refractivity contribution is 7.89. The Bertz CT molecular complexity index is 1070. The summed E-state index contributed by atoms with van der Waals surface area (Å²) < 4.78 is 33.6. The predicted molar refractivity (Wildman–Crippen MR) is 124 cm³/mol. The Morgan fingerprint density at radius 2 is 1.70 bits per heavy atom. The molecule has 0 bridgehead atoms. The average Bonchev–Trinajstić information content (AvgIpc) is 2.72.